The van der Waals surface area contributed by atoms with Crippen LogP contribution in [0.4, 0.5) is 0 Å². The number of nitrogens with zero attached hydrogens (tertiary/aromatic N) is 1. The van der Waals surface area contributed by atoms with Crippen LogP contribution in [0.3, 0.4) is 0 Å². The second-order valence-electron chi connectivity index (χ2n) is 6.44. The molecule has 0 aromatic carbocycles. The van der Waals surface area contributed by atoms with Gasteiger partial charge in [0, 0.05) is 11.4 Å². The fourth-order valence-corrected chi connectivity index (χ4v) is 4.59. The molecule has 1 amide bonds. The van der Waals surface area contributed by atoms with Crippen LogP contribution < -0.4 is 5.32 Å². The summed E-state index contributed by atoms with van der Waals surface area (Å²) < 4.78 is 5.30. The molecule has 3 atom stereocenters. The maximum absolute atomic E-state index is 12.3. The van der Waals surface area contributed by atoms with E-state index in [4.69, 9.17) is 4.74 Å². The summed E-state index contributed by atoms with van der Waals surface area (Å²) in [6, 6.07) is 4.07. The van der Waals surface area contributed by atoms with Gasteiger partial charge in [-0.15, -0.1) is 22.7 Å². The Morgan fingerprint density at radius 1 is 1.32 bits per heavy atom. The van der Waals surface area contributed by atoms with Crippen molar-refractivity contribution in [1.82, 2.24) is 10.3 Å². The highest BCUT2D eigenvalue weighted by atomic mass is 32.1. The van der Waals surface area contributed by atoms with Gasteiger partial charge in [-0.25, -0.2) is 9.78 Å². The van der Waals surface area contributed by atoms with E-state index in [1.165, 1.54) is 17.8 Å². The number of hydrogen-bond acceptors (Lipinski definition) is 6. The Kier molecular flexibility index (Phi) is 5.86. The number of carbonyl (C=O) groups excluding carboxylic acids is 2. The Bertz CT molecular complexity index is 727. The lowest BCUT2D eigenvalue weighted by atomic mass is 9.86. The van der Waals surface area contributed by atoms with Crippen molar-refractivity contribution in [2.45, 2.75) is 51.7 Å². The van der Waals surface area contributed by atoms with Crippen molar-refractivity contribution in [2.75, 3.05) is 0 Å². The molecule has 0 spiro atoms. The minimum Gasteiger partial charge on any atom is -0.448 e. The van der Waals surface area contributed by atoms with E-state index in [2.05, 4.69) is 17.2 Å². The first-order valence-electron chi connectivity index (χ1n) is 8.55. The molecule has 2 heterocycles. The monoisotopic (exact) mass is 378 g/mol. The second kappa shape index (κ2) is 8.10. The van der Waals surface area contributed by atoms with E-state index in [1.807, 2.05) is 17.5 Å². The number of thiophene rings is 1. The van der Waals surface area contributed by atoms with Crippen molar-refractivity contribution >= 4 is 34.6 Å². The number of amides is 1. The highest BCUT2D eigenvalue weighted by Crippen LogP contribution is 2.28. The normalized spacial score (nSPS) is 21.5. The van der Waals surface area contributed by atoms with Gasteiger partial charge in [0.15, 0.2) is 11.8 Å². The van der Waals surface area contributed by atoms with E-state index >= 15 is 0 Å². The summed E-state index contributed by atoms with van der Waals surface area (Å²) in [5.74, 6) is -0.327. The Morgan fingerprint density at radius 3 is 2.84 bits per heavy atom. The molecule has 0 saturated heterocycles. The highest BCUT2D eigenvalue weighted by molar-refractivity contribution is 7.20. The van der Waals surface area contributed by atoms with Crippen molar-refractivity contribution in [1.29, 1.82) is 0 Å². The lowest BCUT2D eigenvalue weighted by Crippen LogP contribution is -2.46. The zero-order valence-corrected chi connectivity index (χ0v) is 16.0. The fourth-order valence-electron chi connectivity index (χ4n) is 2.99. The topological polar surface area (TPSA) is 68.3 Å². The van der Waals surface area contributed by atoms with Gasteiger partial charge in [-0.1, -0.05) is 25.8 Å². The average Bonchev–Trinajstić information content (AvgIpc) is 3.28. The summed E-state index contributed by atoms with van der Waals surface area (Å²) in [5, 5.41) is 7.45. The summed E-state index contributed by atoms with van der Waals surface area (Å²) >= 11 is 2.97. The number of rotatable bonds is 5. The third kappa shape index (κ3) is 4.46. The van der Waals surface area contributed by atoms with Gasteiger partial charge in [-0.2, -0.15) is 0 Å². The molecule has 0 radical (unpaired) electrons. The molecule has 0 unspecified atom stereocenters. The minimum absolute atomic E-state index is 0.173. The first-order valence-corrected chi connectivity index (χ1v) is 10.3. The molecule has 1 saturated carbocycles. The third-order valence-electron chi connectivity index (χ3n) is 4.54. The number of esters is 1. The third-order valence-corrected chi connectivity index (χ3v) is 6.42. The fraction of sp³-hybridized carbons (Fsp3) is 0.500. The number of hydrogen-bond donors (Lipinski definition) is 1. The summed E-state index contributed by atoms with van der Waals surface area (Å²) in [6.45, 7) is 3.76. The predicted octanol–water partition coefficient (Wildman–Crippen LogP) is 4.11. The van der Waals surface area contributed by atoms with E-state index in [-0.39, 0.29) is 17.6 Å². The first kappa shape index (κ1) is 18.1. The van der Waals surface area contributed by atoms with Crippen LogP contribution in [0.1, 0.15) is 50.0 Å². The maximum Gasteiger partial charge on any atom is 0.358 e. The number of aromatic nitrogens is 1. The maximum atomic E-state index is 12.3. The van der Waals surface area contributed by atoms with E-state index in [1.54, 1.807) is 23.6 Å². The Hall–Kier alpha value is -1.73. The average molecular weight is 379 g/mol. The van der Waals surface area contributed by atoms with Gasteiger partial charge in [-0.05, 0) is 37.1 Å². The van der Waals surface area contributed by atoms with E-state index < -0.39 is 12.1 Å². The molecule has 25 heavy (non-hydrogen) atoms. The highest BCUT2D eigenvalue weighted by Gasteiger charge is 2.27. The molecular formula is C18H22N2O3S2. The van der Waals surface area contributed by atoms with Crippen molar-refractivity contribution in [3.05, 3.63) is 28.6 Å². The van der Waals surface area contributed by atoms with E-state index in [0.29, 0.717) is 5.92 Å². The van der Waals surface area contributed by atoms with Crippen molar-refractivity contribution < 1.29 is 14.3 Å². The van der Waals surface area contributed by atoms with E-state index in [9.17, 15) is 9.59 Å². The number of ether oxygens (including phenoxy) is 1. The largest absolute Gasteiger partial charge is 0.448 e. The molecule has 2 aromatic rings. The summed E-state index contributed by atoms with van der Waals surface area (Å²) in [6.07, 6.45) is 3.64. The number of thiazole rings is 1. The number of carbonyl (C=O) groups is 2. The van der Waals surface area contributed by atoms with Crippen LogP contribution in [0.2, 0.25) is 0 Å². The Labute approximate surface area is 155 Å². The molecule has 1 aliphatic carbocycles. The molecule has 3 rings (SSSR count). The summed E-state index contributed by atoms with van der Waals surface area (Å²) in [7, 11) is 0. The van der Waals surface area contributed by atoms with Gasteiger partial charge >= 0.3 is 5.97 Å². The van der Waals surface area contributed by atoms with E-state index in [0.717, 1.165) is 29.1 Å². The van der Waals surface area contributed by atoms with Crippen LogP contribution in [-0.2, 0) is 9.53 Å². The Morgan fingerprint density at radius 2 is 2.12 bits per heavy atom. The van der Waals surface area contributed by atoms with Crippen molar-refractivity contribution in [3.63, 3.8) is 0 Å². The zero-order chi connectivity index (χ0) is 17.8. The molecule has 2 aromatic heterocycles. The minimum atomic E-state index is -0.825. The summed E-state index contributed by atoms with van der Waals surface area (Å²) in [5.41, 5.74) is 0.249. The van der Waals surface area contributed by atoms with Gasteiger partial charge in [-0.3, -0.25) is 4.79 Å². The molecule has 7 heteroatoms. The first-order chi connectivity index (χ1) is 12.0. The lowest BCUT2D eigenvalue weighted by molar-refractivity contribution is -0.130. The molecule has 0 bridgehead atoms. The van der Waals surface area contributed by atoms with Crippen LogP contribution in [0, 0.1) is 5.92 Å². The molecule has 1 aliphatic rings. The molecule has 1 fully saturated rings. The smallest absolute Gasteiger partial charge is 0.358 e. The molecule has 1 N–H and O–H groups in total. The van der Waals surface area contributed by atoms with Crippen LogP contribution in [0.15, 0.2) is 22.9 Å². The van der Waals surface area contributed by atoms with Gasteiger partial charge < -0.3 is 10.1 Å². The molecule has 0 aliphatic heterocycles. The van der Waals surface area contributed by atoms with Crippen LogP contribution in [0.25, 0.3) is 9.88 Å². The predicted molar refractivity (Wildman–Crippen MR) is 99.9 cm³/mol. The standard InChI is InChI=1S/C18H22N2O3S2/c1-11-6-3-4-7-13(11)19-16(21)12(2)23-18(22)14-10-25-17(20-14)15-8-5-9-24-15/h5,8-13H,3-4,6-7H2,1-2H3,(H,19,21)/t11-,12+,13+/m0/s1. The second-order valence-corrected chi connectivity index (χ2v) is 8.25. The Balaban J connectivity index is 1.55. The zero-order valence-electron chi connectivity index (χ0n) is 14.4. The van der Waals surface area contributed by atoms with Crippen molar-refractivity contribution in [3.8, 4) is 9.88 Å². The molecule has 134 valence electrons. The van der Waals surface area contributed by atoms with Crippen LogP contribution in [0.5, 0.6) is 0 Å². The number of nitrogens with one attached hydrogen (secondary N) is 1. The molecular weight excluding hydrogens is 356 g/mol. The molecule has 5 nitrogen and oxygen atoms in total. The van der Waals surface area contributed by atoms with Gasteiger partial charge in [0.2, 0.25) is 0 Å². The van der Waals surface area contributed by atoms with Gasteiger partial charge in [0.1, 0.15) is 5.01 Å². The van der Waals surface area contributed by atoms with Gasteiger partial charge in [0.25, 0.3) is 5.91 Å². The summed E-state index contributed by atoms with van der Waals surface area (Å²) in [4.78, 5) is 29.9. The van der Waals surface area contributed by atoms with Crippen molar-refractivity contribution in [2.24, 2.45) is 5.92 Å². The van der Waals surface area contributed by atoms with Crippen LogP contribution in [-0.4, -0.2) is 29.0 Å². The quantitative estimate of drug-likeness (QED) is 0.795. The van der Waals surface area contributed by atoms with Gasteiger partial charge in [0.05, 0.1) is 4.88 Å². The lowest BCUT2D eigenvalue weighted by Gasteiger charge is -2.30. The van der Waals surface area contributed by atoms with Crippen LogP contribution >= 0.6 is 22.7 Å². The SMILES string of the molecule is C[C@@H](OC(=O)c1csc(-c2cccs2)n1)C(=O)N[C@@H]1CCCC[C@@H]1C.